The SMILES string of the molecule is CC(=O)OCCn1nc(-c2ccc(OCCCN(C)C)cc2)c2cccnc21. The normalized spacial score (nSPS) is 11.1. The number of pyridine rings is 1. The molecule has 2 heterocycles. The van der Waals surface area contributed by atoms with Gasteiger partial charge in [0.2, 0.25) is 0 Å². The van der Waals surface area contributed by atoms with Crippen molar-refractivity contribution in [3.63, 3.8) is 0 Å². The van der Waals surface area contributed by atoms with Crippen LogP contribution in [-0.2, 0) is 16.1 Å². The van der Waals surface area contributed by atoms with Gasteiger partial charge in [-0.1, -0.05) is 0 Å². The van der Waals surface area contributed by atoms with Crippen molar-refractivity contribution in [2.24, 2.45) is 0 Å². The Labute approximate surface area is 164 Å². The molecule has 0 unspecified atom stereocenters. The first-order chi connectivity index (χ1) is 13.5. The second kappa shape index (κ2) is 9.32. The minimum atomic E-state index is -0.300. The van der Waals surface area contributed by atoms with Crippen molar-refractivity contribution in [3.8, 4) is 17.0 Å². The Bertz CT molecular complexity index is 919. The molecule has 148 valence electrons. The third-order valence-corrected chi connectivity index (χ3v) is 4.26. The van der Waals surface area contributed by atoms with Gasteiger partial charge >= 0.3 is 5.97 Å². The molecule has 0 radical (unpaired) electrons. The maximum absolute atomic E-state index is 11.0. The first-order valence-electron chi connectivity index (χ1n) is 9.37. The lowest BCUT2D eigenvalue weighted by molar-refractivity contribution is -0.141. The molecule has 0 N–H and O–H groups in total. The lowest BCUT2D eigenvalue weighted by Gasteiger charge is -2.10. The molecule has 0 atom stereocenters. The number of aromatic nitrogens is 3. The summed E-state index contributed by atoms with van der Waals surface area (Å²) in [4.78, 5) is 17.6. The van der Waals surface area contributed by atoms with Gasteiger partial charge in [0, 0.05) is 30.6 Å². The first-order valence-corrected chi connectivity index (χ1v) is 9.37. The average molecular weight is 382 g/mol. The Morgan fingerprint density at radius 1 is 1.14 bits per heavy atom. The Hall–Kier alpha value is -2.93. The smallest absolute Gasteiger partial charge is 0.302 e. The number of carbonyl (C=O) groups is 1. The van der Waals surface area contributed by atoms with Crippen LogP contribution in [0.1, 0.15) is 13.3 Å². The molecule has 7 nitrogen and oxygen atoms in total. The molecule has 0 saturated carbocycles. The van der Waals surface area contributed by atoms with E-state index in [0.29, 0.717) is 13.2 Å². The highest BCUT2D eigenvalue weighted by atomic mass is 16.5. The third kappa shape index (κ3) is 5.07. The summed E-state index contributed by atoms with van der Waals surface area (Å²) in [5.74, 6) is 0.546. The summed E-state index contributed by atoms with van der Waals surface area (Å²) in [7, 11) is 4.11. The molecule has 0 aliphatic heterocycles. The summed E-state index contributed by atoms with van der Waals surface area (Å²) in [6, 6.07) is 11.8. The van der Waals surface area contributed by atoms with Crippen molar-refractivity contribution >= 4 is 17.0 Å². The fraction of sp³-hybridized carbons (Fsp3) is 0.381. The van der Waals surface area contributed by atoms with Gasteiger partial charge in [-0.25, -0.2) is 9.67 Å². The molecule has 3 rings (SSSR count). The van der Waals surface area contributed by atoms with E-state index in [1.165, 1.54) is 6.92 Å². The summed E-state index contributed by atoms with van der Waals surface area (Å²) >= 11 is 0. The second-order valence-electron chi connectivity index (χ2n) is 6.82. The van der Waals surface area contributed by atoms with Gasteiger partial charge in [0.1, 0.15) is 18.1 Å². The molecule has 0 spiro atoms. The number of fused-ring (bicyclic) bond motifs is 1. The standard InChI is InChI=1S/C21H26N4O3/c1-16(26)27-15-13-25-21-19(6-4-11-22-21)20(23-25)17-7-9-18(10-8-17)28-14-5-12-24(2)3/h4,6-11H,5,12-15H2,1-3H3. The maximum atomic E-state index is 11.0. The number of hydrogen-bond donors (Lipinski definition) is 0. The predicted molar refractivity (Wildman–Crippen MR) is 108 cm³/mol. The van der Waals surface area contributed by atoms with Crippen molar-refractivity contribution < 1.29 is 14.3 Å². The summed E-state index contributed by atoms with van der Waals surface area (Å²) < 4.78 is 12.6. The van der Waals surface area contributed by atoms with Gasteiger partial charge in [-0.15, -0.1) is 0 Å². The van der Waals surface area contributed by atoms with Crippen LogP contribution in [0.25, 0.3) is 22.3 Å². The Kier molecular flexibility index (Phi) is 6.60. The van der Waals surface area contributed by atoms with Crippen LogP contribution in [0.4, 0.5) is 0 Å². The van der Waals surface area contributed by atoms with E-state index in [2.05, 4.69) is 24.0 Å². The first kappa shape index (κ1) is 19.8. The Balaban J connectivity index is 1.74. The molecule has 7 heteroatoms. The van der Waals surface area contributed by atoms with Crippen molar-refractivity contribution in [1.29, 1.82) is 0 Å². The molecular weight excluding hydrogens is 356 g/mol. The minimum Gasteiger partial charge on any atom is -0.494 e. The molecule has 0 amide bonds. The molecule has 0 bridgehead atoms. The number of esters is 1. The van der Waals surface area contributed by atoms with E-state index in [-0.39, 0.29) is 12.6 Å². The van der Waals surface area contributed by atoms with Gasteiger partial charge in [0.05, 0.1) is 13.2 Å². The number of carbonyl (C=O) groups excluding carboxylic acids is 1. The molecule has 0 aliphatic carbocycles. The minimum absolute atomic E-state index is 0.266. The molecule has 28 heavy (non-hydrogen) atoms. The van der Waals surface area contributed by atoms with Crippen molar-refractivity contribution in [2.75, 3.05) is 33.9 Å². The summed E-state index contributed by atoms with van der Waals surface area (Å²) in [6.07, 6.45) is 2.72. The van der Waals surface area contributed by atoms with Gasteiger partial charge in [0.25, 0.3) is 0 Å². The fourth-order valence-electron chi connectivity index (χ4n) is 2.93. The van der Waals surface area contributed by atoms with E-state index in [1.807, 2.05) is 36.4 Å². The second-order valence-corrected chi connectivity index (χ2v) is 6.82. The van der Waals surface area contributed by atoms with Crippen molar-refractivity contribution in [2.45, 2.75) is 19.9 Å². The van der Waals surface area contributed by atoms with Crippen LogP contribution in [0.3, 0.4) is 0 Å². The summed E-state index contributed by atoms with van der Waals surface area (Å²) in [6.45, 7) is 3.81. The van der Waals surface area contributed by atoms with E-state index in [4.69, 9.17) is 14.6 Å². The molecule has 2 aromatic heterocycles. The highest BCUT2D eigenvalue weighted by Gasteiger charge is 2.13. The van der Waals surface area contributed by atoms with Crippen molar-refractivity contribution in [3.05, 3.63) is 42.6 Å². The molecule has 3 aromatic rings. The highest BCUT2D eigenvalue weighted by Crippen LogP contribution is 2.28. The van der Waals surface area contributed by atoms with Gasteiger partial charge in [0.15, 0.2) is 5.65 Å². The van der Waals surface area contributed by atoms with Crippen LogP contribution in [0, 0.1) is 0 Å². The van der Waals surface area contributed by atoms with Gasteiger partial charge < -0.3 is 14.4 Å². The summed E-state index contributed by atoms with van der Waals surface area (Å²) in [5, 5.41) is 5.66. The topological polar surface area (TPSA) is 69.5 Å². The zero-order valence-corrected chi connectivity index (χ0v) is 16.6. The third-order valence-electron chi connectivity index (χ3n) is 4.26. The zero-order chi connectivity index (χ0) is 19.9. The number of benzene rings is 1. The molecule has 1 aromatic carbocycles. The van der Waals surface area contributed by atoms with E-state index in [1.54, 1.807) is 10.9 Å². The molecule has 0 saturated heterocycles. The fourth-order valence-corrected chi connectivity index (χ4v) is 2.93. The van der Waals surface area contributed by atoms with Gasteiger partial charge in [-0.2, -0.15) is 5.10 Å². The van der Waals surface area contributed by atoms with Gasteiger partial charge in [-0.05, 0) is 56.9 Å². The van der Waals surface area contributed by atoms with E-state index in [0.717, 1.165) is 41.0 Å². The lowest BCUT2D eigenvalue weighted by Crippen LogP contribution is -2.15. The van der Waals surface area contributed by atoms with E-state index in [9.17, 15) is 4.79 Å². The van der Waals surface area contributed by atoms with Crippen LogP contribution in [-0.4, -0.2) is 59.5 Å². The van der Waals surface area contributed by atoms with Crippen LogP contribution in [0.15, 0.2) is 42.6 Å². The lowest BCUT2D eigenvalue weighted by atomic mass is 10.1. The molecule has 0 aliphatic rings. The number of rotatable bonds is 9. The average Bonchev–Trinajstić information content (AvgIpc) is 3.04. The largest absolute Gasteiger partial charge is 0.494 e. The van der Waals surface area contributed by atoms with E-state index >= 15 is 0 Å². The summed E-state index contributed by atoms with van der Waals surface area (Å²) in [5.41, 5.74) is 2.61. The molecule has 0 fully saturated rings. The predicted octanol–water partition coefficient (Wildman–Crippen LogP) is 2.99. The molecular formula is C21H26N4O3. The quantitative estimate of drug-likeness (QED) is 0.419. The zero-order valence-electron chi connectivity index (χ0n) is 16.6. The maximum Gasteiger partial charge on any atom is 0.302 e. The van der Waals surface area contributed by atoms with Crippen LogP contribution in [0.5, 0.6) is 5.75 Å². The van der Waals surface area contributed by atoms with Crippen molar-refractivity contribution in [1.82, 2.24) is 19.7 Å². The highest BCUT2D eigenvalue weighted by molar-refractivity contribution is 5.91. The Morgan fingerprint density at radius 2 is 1.93 bits per heavy atom. The number of hydrogen-bond acceptors (Lipinski definition) is 6. The Morgan fingerprint density at radius 3 is 2.64 bits per heavy atom. The van der Waals surface area contributed by atoms with E-state index < -0.39 is 0 Å². The van der Waals surface area contributed by atoms with Crippen LogP contribution < -0.4 is 4.74 Å². The van der Waals surface area contributed by atoms with Crippen LogP contribution >= 0.6 is 0 Å². The number of ether oxygens (including phenoxy) is 2. The van der Waals surface area contributed by atoms with Crippen LogP contribution in [0.2, 0.25) is 0 Å². The number of nitrogens with zero attached hydrogens (tertiary/aromatic N) is 4. The monoisotopic (exact) mass is 382 g/mol. The van der Waals surface area contributed by atoms with Gasteiger partial charge in [-0.3, -0.25) is 4.79 Å².